The van der Waals surface area contributed by atoms with E-state index in [1.54, 1.807) is 0 Å². The van der Waals surface area contributed by atoms with Gasteiger partial charge < -0.3 is 5.11 Å². The van der Waals surface area contributed by atoms with Crippen LogP contribution in [0, 0.1) is 4.77 Å². The van der Waals surface area contributed by atoms with Crippen molar-refractivity contribution in [3.05, 3.63) is 10.6 Å². The zero-order valence-corrected chi connectivity index (χ0v) is 11.6. The van der Waals surface area contributed by atoms with Gasteiger partial charge in [-0.1, -0.05) is 6.92 Å². The molecule has 0 bridgehead atoms. The fourth-order valence-electron chi connectivity index (χ4n) is 2.45. The van der Waals surface area contributed by atoms with Gasteiger partial charge in [-0.15, -0.1) is 0 Å². The van der Waals surface area contributed by atoms with Crippen LogP contribution in [0.1, 0.15) is 44.5 Å². The summed E-state index contributed by atoms with van der Waals surface area (Å²) < 4.78 is 4.68. The highest BCUT2D eigenvalue weighted by atomic mass is 32.1. The second-order valence-corrected chi connectivity index (χ2v) is 5.60. The molecule has 0 atom stereocenters. The zero-order valence-electron chi connectivity index (χ0n) is 10.7. The highest BCUT2D eigenvalue weighted by molar-refractivity contribution is 7.71. The van der Waals surface area contributed by atoms with Gasteiger partial charge in [0.2, 0.25) is 0 Å². The second-order valence-electron chi connectivity index (χ2n) is 5.24. The number of aliphatic hydroxyl groups is 1. The van der Waals surface area contributed by atoms with Crippen molar-refractivity contribution in [2.75, 3.05) is 6.54 Å². The Morgan fingerprint density at radius 2 is 2.11 bits per heavy atom. The van der Waals surface area contributed by atoms with Crippen LogP contribution >= 0.6 is 12.2 Å². The van der Waals surface area contributed by atoms with E-state index in [4.69, 9.17) is 12.2 Å². The summed E-state index contributed by atoms with van der Waals surface area (Å²) >= 11 is 5.49. The van der Waals surface area contributed by atoms with Crippen LogP contribution in [0.2, 0.25) is 0 Å². The summed E-state index contributed by atoms with van der Waals surface area (Å²) in [7, 11) is 0. The molecule has 0 saturated heterocycles. The van der Waals surface area contributed by atoms with Gasteiger partial charge in [0, 0.05) is 12.1 Å². The minimum atomic E-state index is -0.0251. The monoisotopic (exact) mass is 268 g/mol. The van der Waals surface area contributed by atoms with Gasteiger partial charge in [-0.05, 0) is 44.4 Å². The lowest BCUT2D eigenvalue weighted by atomic mass is 10.5. The highest BCUT2D eigenvalue weighted by Crippen LogP contribution is 2.36. The predicted octanol–water partition coefficient (Wildman–Crippen LogP) is 1.68. The lowest BCUT2D eigenvalue weighted by molar-refractivity contribution is 0.203. The third-order valence-corrected chi connectivity index (χ3v) is 4.19. The van der Waals surface area contributed by atoms with E-state index in [9.17, 15) is 5.11 Å². The van der Waals surface area contributed by atoms with Crippen LogP contribution in [0.15, 0.2) is 0 Å². The van der Waals surface area contributed by atoms with Crippen molar-refractivity contribution in [3.63, 3.8) is 0 Å². The van der Waals surface area contributed by atoms with Crippen LogP contribution < -0.4 is 0 Å². The molecule has 0 radical (unpaired) electrons. The molecule has 100 valence electrons. The van der Waals surface area contributed by atoms with E-state index in [0.717, 1.165) is 30.8 Å². The molecule has 2 aliphatic rings. The Hall–Kier alpha value is -0.720. The van der Waals surface area contributed by atoms with Gasteiger partial charge in [0.1, 0.15) is 6.61 Å². The first-order valence-electron chi connectivity index (χ1n) is 6.77. The first-order chi connectivity index (χ1) is 8.74. The number of hydrogen-bond donors (Lipinski definition) is 1. The summed E-state index contributed by atoms with van der Waals surface area (Å²) in [6.07, 6.45) is 4.90. The summed E-state index contributed by atoms with van der Waals surface area (Å²) in [6.45, 7) is 3.93. The molecule has 0 amide bonds. The highest BCUT2D eigenvalue weighted by Gasteiger charge is 2.31. The third-order valence-electron chi connectivity index (χ3n) is 3.78. The van der Waals surface area contributed by atoms with Crippen molar-refractivity contribution in [2.45, 2.75) is 58.0 Å². The van der Waals surface area contributed by atoms with Crippen LogP contribution in [0.25, 0.3) is 0 Å². The van der Waals surface area contributed by atoms with Crippen LogP contribution in [-0.4, -0.2) is 36.9 Å². The lowest BCUT2D eigenvalue weighted by Crippen LogP contribution is -2.29. The molecular formula is C12H20N4OS. The van der Waals surface area contributed by atoms with Crippen LogP contribution in [0.4, 0.5) is 0 Å². The Morgan fingerprint density at radius 1 is 1.39 bits per heavy atom. The second kappa shape index (κ2) is 4.75. The molecular weight excluding hydrogens is 248 g/mol. The van der Waals surface area contributed by atoms with Gasteiger partial charge >= 0.3 is 0 Å². The minimum absolute atomic E-state index is 0.0251. The number of nitrogens with zero attached hydrogens (tertiary/aromatic N) is 4. The third kappa shape index (κ3) is 2.24. The molecule has 2 aliphatic carbocycles. The van der Waals surface area contributed by atoms with Crippen LogP contribution in [-0.2, 0) is 13.3 Å². The summed E-state index contributed by atoms with van der Waals surface area (Å²) in [4.78, 5) is 2.40. The van der Waals surface area contributed by atoms with Gasteiger partial charge in [-0.25, -0.2) is 4.68 Å². The Bertz CT molecular complexity index is 487. The number of aliphatic hydroxyl groups excluding tert-OH is 1. The average Bonchev–Trinajstić information content (AvgIpc) is 3.25. The van der Waals surface area contributed by atoms with E-state index in [0.29, 0.717) is 17.9 Å². The predicted molar refractivity (Wildman–Crippen MR) is 70.6 cm³/mol. The lowest BCUT2D eigenvalue weighted by Gasteiger charge is -2.19. The van der Waals surface area contributed by atoms with E-state index < -0.39 is 0 Å². The number of rotatable bonds is 6. The van der Waals surface area contributed by atoms with E-state index >= 15 is 0 Å². The molecule has 1 N–H and O–H groups in total. The molecule has 1 aromatic rings. The minimum Gasteiger partial charge on any atom is -0.388 e. The van der Waals surface area contributed by atoms with Gasteiger partial charge in [0.25, 0.3) is 0 Å². The van der Waals surface area contributed by atoms with Crippen molar-refractivity contribution in [2.24, 2.45) is 0 Å². The zero-order chi connectivity index (χ0) is 12.7. The first-order valence-corrected chi connectivity index (χ1v) is 7.18. The SMILES string of the molecule is CCN(Cn1nc(CO)n(C2CC2)c1=S)C1CC1. The summed E-state index contributed by atoms with van der Waals surface area (Å²) in [6, 6.07) is 1.19. The van der Waals surface area contributed by atoms with Crippen molar-refractivity contribution in [1.82, 2.24) is 19.2 Å². The smallest absolute Gasteiger partial charge is 0.199 e. The molecule has 1 heterocycles. The number of aromatic nitrogens is 3. The van der Waals surface area contributed by atoms with Crippen molar-refractivity contribution < 1.29 is 5.11 Å². The molecule has 0 aliphatic heterocycles. The molecule has 6 heteroatoms. The van der Waals surface area contributed by atoms with Crippen molar-refractivity contribution >= 4 is 12.2 Å². The Balaban J connectivity index is 1.84. The summed E-state index contributed by atoms with van der Waals surface area (Å²) in [5.41, 5.74) is 0. The van der Waals surface area contributed by atoms with E-state index in [2.05, 4.69) is 16.9 Å². The fourth-order valence-corrected chi connectivity index (χ4v) is 2.80. The van der Waals surface area contributed by atoms with Gasteiger partial charge in [0.15, 0.2) is 10.6 Å². The summed E-state index contributed by atoms with van der Waals surface area (Å²) in [5, 5.41) is 13.9. The Kier molecular flexibility index (Phi) is 3.25. The quantitative estimate of drug-likeness (QED) is 0.797. The molecule has 18 heavy (non-hydrogen) atoms. The first kappa shape index (κ1) is 12.3. The van der Waals surface area contributed by atoms with Crippen LogP contribution in [0.3, 0.4) is 0 Å². The van der Waals surface area contributed by atoms with E-state index in [1.807, 2.05) is 9.25 Å². The largest absolute Gasteiger partial charge is 0.388 e. The molecule has 1 aromatic heterocycles. The number of hydrogen-bond acceptors (Lipinski definition) is 4. The molecule has 0 unspecified atom stereocenters. The standard InChI is InChI=1S/C12H20N4OS/c1-2-14(9-3-4-9)8-15-12(18)16(10-5-6-10)11(7-17)13-15/h9-10,17H,2-8H2,1H3. The van der Waals surface area contributed by atoms with Crippen molar-refractivity contribution in [3.8, 4) is 0 Å². The Labute approximate surface area is 112 Å². The molecule has 5 nitrogen and oxygen atoms in total. The Morgan fingerprint density at radius 3 is 2.61 bits per heavy atom. The molecule has 0 aromatic carbocycles. The van der Waals surface area contributed by atoms with Crippen molar-refractivity contribution in [1.29, 1.82) is 0 Å². The maximum Gasteiger partial charge on any atom is 0.199 e. The topological polar surface area (TPSA) is 46.2 Å². The molecule has 0 spiro atoms. The van der Waals surface area contributed by atoms with Gasteiger partial charge in [0.05, 0.1) is 6.67 Å². The van der Waals surface area contributed by atoms with Gasteiger partial charge in [-0.3, -0.25) is 9.47 Å². The average molecular weight is 268 g/mol. The van der Waals surface area contributed by atoms with Gasteiger partial charge in [-0.2, -0.15) is 5.10 Å². The van der Waals surface area contributed by atoms with E-state index in [1.165, 1.54) is 12.8 Å². The normalized spacial score (nSPS) is 19.7. The molecule has 2 saturated carbocycles. The van der Waals surface area contributed by atoms with E-state index in [-0.39, 0.29) is 6.61 Å². The summed E-state index contributed by atoms with van der Waals surface area (Å²) in [5.74, 6) is 0.717. The molecule has 3 rings (SSSR count). The van der Waals surface area contributed by atoms with Crippen LogP contribution in [0.5, 0.6) is 0 Å². The maximum atomic E-state index is 9.39. The maximum absolute atomic E-state index is 9.39. The fraction of sp³-hybridized carbons (Fsp3) is 0.833. The molecule has 2 fully saturated rings.